The molecule has 0 aromatic heterocycles. The minimum atomic E-state index is 0.0105. The highest BCUT2D eigenvalue weighted by Crippen LogP contribution is 2.29. The lowest BCUT2D eigenvalue weighted by Gasteiger charge is -2.32. The van der Waals surface area contributed by atoms with E-state index in [0.717, 1.165) is 48.0 Å². The first-order valence-electron chi connectivity index (χ1n) is 12.7. The van der Waals surface area contributed by atoms with Crippen molar-refractivity contribution in [2.45, 2.75) is 32.2 Å². The van der Waals surface area contributed by atoms with Gasteiger partial charge in [-0.2, -0.15) is 0 Å². The Morgan fingerprint density at radius 3 is 2.39 bits per heavy atom. The number of benzene rings is 3. The fourth-order valence-electron chi connectivity index (χ4n) is 5.20. The van der Waals surface area contributed by atoms with E-state index < -0.39 is 0 Å². The molecular weight excluding hydrogens is 516 g/mol. The number of hydrogen-bond donors (Lipinski definition) is 0. The van der Waals surface area contributed by atoms with Crippen molar-refractivity contribution in [3.8, 4) is 5.75 Å². The SMILES string of the molecule is O=C(COc1cccc2c1CCN(Cc1ccc(Br)cc1)C2=O)N1CCC(Cc2ccccc2)CC1. The standard InChI is InChI=1S/C30H31BrN2O3/c31-25-11-9-24(10-12-25)20-33-18-15-26-27(30(33)35)7-4-8-28(26)36-21-29(34)32-16-13-23(14-17-32)19-22-5-2-1-3-6-22/h1-12,23H,13-21H2. The molecule has 1 fully saturated rings. The van der Waals surface area contributed by atoms with Gasteiger partial charge in [-0.3, -0.25) is 9.59 Å². The van der Waals surface area contributed by atoms with Crippen LogP contribution in [0.3, 0.4) is 0 Å². The largest absolute Gasteiger partial charge is 0.483 e. The highest BCUT2D eigenvalue weighted by Gasteiger charge is 2.28. The zero-order valence-corrected chi connectivity index (χ0v) is 22.0. The van der Waals surface area contributed by atoms with E-state index in [1.165, 1.54) is 5.56 Å². The van der Waals surface area contributed by atoms with Gasteiger partial charge in [0.2, 0.25) is 0 Å². The minimum Gasteiger partial charge on any atom is -0.483 e. The molecule has 5 nitrogen and oxygen atoms in total. The number of rotatable bonds is 7. The van der Waals surface area contributed by atoms with Crippen LogP contribution in [-0.2, 0) is 24.2 Å². The molecule has 0 N–H and O–H groups in total. The van der Waals surface area contributed by atoms with Gasteiger partial charge < -0.3 is 14.5 Å². The number of ether oxygens (including phenoxy) is 1. The average molecular weight is 547 g/mol. The Morgan fingerprint density at radius 1 is 0.889 bits per heavy atom. The monoisotopic (exact) mass is 546 g/mol. The second-order valence-electron chi connectivity index (χ2n) is 9.69. The first-order valence-corrected chi connectivity index (χ1v) is 13.5. The molecule has 3 aromatic rings. The summed E-state index contributed by atoms with van der Waals surface area (Å²) in [5, 5.41) is 0. The van der Waals surface area contributed by atoms with Crippen LogP contribution in [0.5, 0.6) is 5.75 Å². The first kappa shape index (κ1) is 24.6. The molecule has 2 amide bonds. The van der Waals surface area contributed by atoms with E-state index in [4.69, 9.17) is 4.74 Å². The van der Waals surface area contributed by atoms with E-state index in [1.807, 2.05) is 58.3 Å². The van der Waals surface area contributed by atoms with E-state index in [1.54, 1.807) is 0 Å². The summed E-state index contributed by atoms with van der Waals surface area (Å²) in [5.74, 6) is 1.29. The Morgan fingerprint density at radius 2 is 1.64 bits per heavy atom. The van der Waals surface area contributed by atoms with Crippen molar-refractivity contribution in [1.82, 2.24) is 9.80 Å². The van der Waals surface area contributed by atoms with E-state index >= 15 is 0 Å². The van der Waals surface area contributed by atoms with Crippen LogP contribution in [0.4, 0.5) is 0 Å². The molecule has 3 aromatic carbocycles. The summed E-state index contributed by atoms with van der Waals surface area (Å²) >= 11 is 3.46. The Balaban J connectivity index is 1.15. The van der Waals surface area contributed by atoms with Crippen molar-refractivity contribution in [1.29, 1.82) is 0 Å². The Labute approximate surface area is 221 Å². The van der Waals surface area contributed by atoms with Gasteiger partial charge in [-0.1, -0.05) is 64.5 Å². The van der Waals surface area contributed by atoms with E-state index in [9.17, 15) is 9.59 Å². The highest BCUT2D eigenvalue weighted by molar-refractivity contribution is 9.10. The zero-order valence-electron chi connectivity index (χ0n) is 20.4. The molecule has 0 aliphatic carbocycles. The lowest BCUT2D eigenvalue weighted by Crippen LogP contribution is -2.41. The number of fused-ring (bicyclic) bond motifs is 1. The third-order valence-corrected chi connectivity index (χ3v) is 7.78. The van der Waals surface area contributed by atoms with Crippen LogP contribution in [0.2, 0.25) is 0 Å². The third kappa shape index (κ3) is 5.81. The number of hydrogen-bond acceptors (Lipinski definition) is 3. The van der Waals surface area contributed by atoms with Crippen LogP contribution < -0.4 is 4.74 Å². The van der Waals surface area contributed by atoms with E-state index in [2.05, 4.69) is 40.2 Å². The molecule has 5 rings (SSSR count). The van der Waals surface area contributed by atoms with Crippen molar-refractivity contribution in [3.63, 3.8) is 0 Å². The molecule has 1 saturated heterocycles. The normalized spacial score (nSPS) is 16.1. The van der Waals surface area contributed by atoms with E-state index in [-0.39, 0.29) is 18.4 Å². The van der Waals surface area contributed by atoms with Gasteiger partial charge in [-0.15, -0.1) is 0 Å². The van der Waals surface area contributed by atoms with Gasteiger partial charge in [0, 0.05) is 41.8 Å². The number of likely N-dealkylation sites (tertiary alicyclic amines) is 1. The molecule has 2 aliphatic heterocycles. The van der Waals surface area contributed by atoms with Gasteiger partial charge >= 0.3 is 0 Å². The maximum absolute atomic E-state index is 13.2. The van der Waals surface area contributed by atoms with Crippen LogP contribution in [0, 0.1) is 5.92 Å². The van der Waals surface area contributed by atoms with E-state index in [0.29, 0.717) is 36.7 Å². The van der Waals surface area contributed by atoms with Crippen molar-refractivity contribution >= 4 is 27.7 Å². The molecule has 0 bridgehead atoms. The second-order valence-corrected chi connectivity index (χ2v) is 10.6. The van der Waals surface area contributed by atoms with Crippen molar-refractivity contribution in [2.75, 3.05) is 26.2 Å². The molecule has 0 spiro atoms. The first-order chi connectivity index (χ1) is 17.6. The summed E-state index contributed by atoms with van der Waals surface area (Å²) in [5.41, 5.74) is 4.04. The average Bonchev–Trinajstić information content (AvgIpc) is 2.91. The highest BCUT2D eigenvalue weighted by atomic mass is 79.9. The summed E-state index contributed by atoms with van der Waals surface area (Å²) in [6, 6.07) is 24.2. The molecule has 0 radical (unpaired) electrons. The Kier molecular flexibility index (Phi) is 7.71. The molecule has 186 valence electrons. The zero-order chi connectivity index (χ0) is 24.9. The molecule has 0 unspecified atom stereocenters. The minimum absolute atomic E-state index is 0.0105. The summed E-state index contributed by atoms with van der Waals surface area (Å²) in [4.78, 5) is 29.8. The van der Waals surface area contributed by atoms with Crippen molar-refractivity contribution in [2.24, 2.45) is 5.92 Å². The molecular formula is C30H31BrN2O3. The molecule has 0 atom stereocenters. The smallest absolute Gasteiger partial charge is 0.260 e. The number of carbonyl (C=O) groups is 2. The number of amides is 2. The Bertz CT molecular complexity index is 1200. The predicted molar refractivity (Wildman–Crippen MR) is 144 cm³/mol. The van der Waals surface area contributed by atoms with Gasteiger partial charge in [0.05, 0.1) is 0 Å². The molecule has 2 heterocycles. The summed E-state index contributed by atoms with van der Waals surface area (Å²) < 4.78 is 7.01. The van der Waals surface area contributed by atoms with Gasteiger partial charge in [0.15, 0.2) is 6.61 Å². The quantitative estimate of drug-likeness (QED) is 0.392. The summed E-state index contributed by atoms with van der Waals surface area (Å²) in [6.45, 7) is 2.77. The van der Waals surface area contributed by atoms with Gasteiger partial charge in [0.1, 0.15) is 5.75 Å². The van der Waals surface area contributed by atoms with Gasteiger partial charge in [-0.05, 0) is 67.0 Å². The number of nitrogens with zero attached hydrogens (tertiary/aromatic N) is 2. The third-order valence-electron chi connectivity index (χ3n) is 7.25. The van der Waals surface area contributed by atoms with Gasteiger partial charge in [-0.25, -0.2) is 0 Å². The molecule has 6 heteroatoms. The number of carbonyl (C=O) groups excluding carboxylic acids is 2. The van der Waals surface area contributed by atoms with Crippen LogP contribution in [0.15, 0.2) is 77.3 Å². The summed E-state index contributed by atoms with van der Waals surface area (Å²) in [7, 11) is 0. The number of halogens is 1. The molecule has 2 aliphatic rings. The topological polar surface area (TPSA) is 49.9 Å². The maximum atomic E-state index is 13.2. The number of piperidine rings is 1. The van der Waals surface area contributed by atoms with Crippen LogP contribution in [0.25, 0.3) is 0 Å². The molecule has 0 saturated carbocycles. The lowest BCUT2D eigenvalue weighted by molar-refractivity contribution is -0.134. The van der Waals surface area contributed by atoms with Crippen LogP contribution in [-0.4, -0.2) is 47.9 Å². The summed E-state index contributed by atoms with van der Waals surface area (Å²) in [6.07, 6.45) is 3.82. The van der Waals surface area contributed by atoms with Gasteiger partial charge in [0.25, 0.3) is 11.8 Å². The van der Waals surface area contributed by atoms with Crippen LogP contribution >= 0.6 is 15.9 Å². The Hall–Kier alpha value is -3.12. The fourth-order valence-corrected chi connectivity index (χ4v) is 5.47. The maximum Gasteiger partial charge on any atom is 0.260 e. The lowest BCUT2D eigenvalue weighted by atomic mass is 9.90. The second kappa shape index (κ2) is 11.3. The molecule has 36 heavy (non-hydrogen) atoms. The predicted octanol–water partition coefficient (Wildman–Crippen LogP) is 5.51. The fraction of sp³-hybridized carbons (Fsp3) is 0.333. The van der Waals surface area contributed by atoms with Crippen LogP contribution in [0.1, 0.15) is 39.9 Å². The van der Waals surface area contributed by atoms with Crippen molar-refractivity contribution in [3.05, 3.63) is 99.5 Å². The van der Waals surface area contributed by atoms with Crippen molar-refractivity contribution < 1.29 is 14.3 Å².